The Bertz CT molecular complexity index is 346. The molecule has 1 rings (SSSR count). The van der Waals surface area contributed by atoms with Crippen molar-refractivity contribution >= 4 is 5.91 Å². The lowest BCUT2D eigenvalue weighted by atomic mass is 10.1. The van der Waals surface area contributed by atoms with Crippen molar-refractivity contribution < 1.29 is 4.79 Å². The van der Waals surface area contributed by atoms with Crippen LogP contribution in [-0.4, -0.2) is 12.5 Å². The number of amides is 1. The van der Waals surface area contributed by atoms with Crippen LogP contribution in [0.5, 0.6) is 0 Å². The number of carbonyl (C=O) groups is 1. The fourth-order valence-electron chi connectivity index (χ4n) is 1.57. The first kappa shape index (κ1) is 12.8. The molecule has 1 aromatic rings. The zero-order valence-electron chi connectivity index (χ0n) is 10.4. The second-order valence-electron chi connectivity index (χ2n) is 4.28. The van der Waals surface area contributed by atoms with Crippen molar-refractivity contribution in [2.24, 2.45) is 5.92 Å². The van der Waals surface area contributed by atoms with Crippen LogP contribution in [0.3, 0.4) is 0 Å². The van der Waals surface area contributed by atoms with E-state index in [0.29, 0.717) is 0 Å². The smallest absolute Gasteiger partial charge is 0.222 e. The molecule has 0 unspecified atom stereocenters. The SMILES string of the molecule is CC[C@H](C)C(=O)NCCc1ccccc1C. The van der Waals surface area contributed by atoms with E-state index in [1.807, 2.05) is 26.0 Å². The highest BCUT2D eigenvalue weighted by Gasteiger charge is 2.09. The highest BCUT2D eigenvalue weighted by Crippen LogP contribution is 2.07. The van der Waals surface area contributed by atoms with E-state index < -0.39 is 0 Å². The Morgan fingerprint density at radius 3 is 2.69 bits per heavy atom. The molecule has 0 bridgehead atoms. The first-order valence-electron chi connectivity index (χ1n) is 5.97. The van der Waals surface area contributed by atoms with Crippen LogP contribution in [0.4, 0.5) is 0 Å². The molecule has 1 atom stereocenters. The van der Waals surface area contributed by atoms with Crippen LogP contribution in [0.15, 0.2) is 24.3 Å². The molecule has 0 radical (unpaired) electrons. The third kappa shape index (κ3) is 3.69. The van der Waals surface area contributed by atoms with Crippen molar-refractivity contribution in [1.29, 1.82) is 0 Å². The highest BCUT2D eigenvalue weighted by atomic mass is 16.1. The molecule has 0 saturated heterocycles. The third-order valence-corrected chi connectivity index (χ3v) is 3.01. The fraction of sp³-hybridized carbons (Fsp3) is 0.500. The molecule has 1 N–H and O–H groups in total. The molecule has 88 valence electrons. The molecule has 2 nitrogen and oxygen atoms in total. The van der Waals surface area contributed by atoms with Crippen LogP contribution >= 0.6 is 0 Å². The number of nitrogens with one attached hydrogen (secondary N) is 1. The summed E-state index contributed by atoms with van der Waals surface area (Å²) >= 11 is 0. The average molecular weight is 219 g/mol. The van der Waals surface area contributed by atoms with E-state index in [1.54, 1.807) is 0 Å². The van der Waals surface area contributed by atoms with Gasteiger partial charge in [0.05, 0.1) is 0 Å². The van der Waals surface area contributed by atoms with Crippen LogP contribution < -0.4 is 5.32 Å². The van der Waals surface area contributed by atoms with Crippen molar-refractivity contribution in [1.82, 2.24) is 5.32 Å². The standard InChI is InChI=1S/C14H21NO/c1-4-11(2)14(16)15-10-9-13-8-6-5-7-12(13)3/h5-8,11H,4,9-10H2,1-3H3,(H,15,16)/t11-/m0/s1. The molecule has 0 saturated carbocycles. The highest BCUT2D eigenvalue weighted by molar-refractivity contribution is 5.78. The van der Waals surface area contributed by atoms with Crippen molar-refractivity contribution in [3.63, 3.8) is 0 Å². The van der Waals surface area contributed by atoms with E-state index in [0.717, 1.165) is 19.4 Å². The summed E-state index contributed by atoms with van der Waals surface area (Å²) in [5.74, 6) is 0.285. The predicted octanol–water partition coefficient (Wildman–Crippen LogP) is 2.70. The van der Waals surface area contributed by atoms with Gasteiger partial charge in [-0.2, -0.15) is 0 Å². The molecule has 16 heavy (non-hydrogen) atoms. The average Bonchev–Trinajstić information content (AvgIpc) is 2.30. The molecule has 0 heterocycles. The van der Waals surface area contributed by atoms with E-state index >= 15 is 0 Å². The van der Waals surface area contributed by atoms with Crippen molar-refractivity contribution in [2.45, 2.75) is 33.6 Å². The maximum atomic E-state index is 11.5. The molecular formula is C14H21NO. The van der Waals surface area contributed by atoms with E-state index in [1.165, 1.54) is 11.1 Å². The van der Waals surface area contributed by atoms with Crippen LogP contribution in [0, 0.1) is 12.8 Å². The van der Waals surface area contributed by atoms with Crippen molar-refractivity contribution in [3.8, 4) is 0 Å². The third-order valence-electron chi connectivity index (χ3n) is 3.01. The van der Waals surface area contributed by atoms with Crippen molar-refractivity contribution in [3.05, 3.63) is 35.4 Å². The number of rotatable bonds is 5. The number of carbonyl (C=O) groups excluding carboxylic acids is 1. The van der Waals surface area contributed by atoms with E-state index in [9.17, 15) is 4.79 Å². The predicted molar refractivity (Wildman–Crippen MR) is 67.3 cm³/mol. The summed E-state index contributed by atoms with van der Waals surface area (Å²) in [4.78, 5) is 11.5. The van der Waals surface area contributed by atoms with Gasteiger partial charge in [-0.3, -0.25) is 4.79 Å². The lowest BCUT2D eigenvalue weighted by Gasteiger charge is -2.10. The quantitative estimate of drug-likeness (QED) is 0.810. The molecule has 0 aliphatic rings. The van der Waals surface area contributed by atoms with Gasteiger partial charge in [0.2, 0.25) is 5.91 Å². The lowest BCUT2D eigenvalue weighted by Crippen LogP contribution is -2.30. The zero-order valence-corrected chi connectivity index (χ0v) is 10.4. The topological polar surface area (TPSA) is 29.1 Å². The summed E-state index contributed by atoms with van der Waals surface area (Å²) in [6.45, 7) is 6.83. The lowest BCUT2D eigenvalue weighted by molar-refractivity contribution is -0.124. The molecule has 0 aromatic heterocycles. The molecule has 0 aliphatic carbocycles. The molecule has 2 heteroatoms. The Kier molecular flexibility index (Phi) is 5.03. The van der Waals surface area contributed by atoms with Gasteiger partial charge in [0.25, 0.3) is 0 Å². The van der Waals surface area contributed by atoms with Crippen LogP contribution in [0.25, 0.3) is 0 Å². The van der Waals surface area contributed by atoms with Gasteiger partial charge in [0, 0.05) is 12.5 Å². The first-order valence-corrected chi connectivity index (χ1v) is 5.97. The summed E-state index contributed by atoms with van der Waals surface area (Å²) < 4.78 is 0. The van der Waals surface area contributed by atoms with Gasteiger partial charge in [-0.1, -0.05) is 38.1 Å². The van der Waals surface area contributed by atoms with Gasteiger partial charge < -0.3 is 5.32 Å². The van der Waals surface area contributed by atoms with Crippen LogP contribution in [0.1, 0.15) is 31.4 Å². The minimum Gasteiger partial charge on any atom is -0.356 e. The van der Waals surface area contributed by atoms with Crippen LogP contribution in [-0.2, 0) is 11.2 Å². The minimum absolute atomic E-state index is 0.122. The Hall–Kier alpha value is -1.31. The number of aryl methyl sites for hydroxylation is 1. The van der Waals surface area contributed by atoms with Gasteiger partial charge in [-0.25, -0.2) is 0 Å². The Morgan fingerprint density at radius 2 is 2.06 bits per heavy atom. The van der Waals surface area contributed by atoms with Gasteiger partial charge in [-0.05, 0) is 30.9 Å². The maximum Gasteiger partial charge on any atom is 0.222 e. The van der Waals surface area contributed by atoms with E-state index in [-0.39, 0.29) is 11.8 Å². The molecule has 0 spiro atoms. The Balaban J connectivity index is 2.36. The monoisotopic (exact) mass is 219 g/mol. The fourth-order valence-corrected chi connectivity index (χ4v) is 1.57. The number of hydrogen-bond acceptors (Lipinski definition) is 1. The summed E-state index contributed by atoms with van der Waals surface area (Å²) in [7, 11) is 0. The van der Waals surface area contributed by atoms with Gasteiger partial charge in [-0.15, -0.1) is 0 Å². The maximum absolute atomic E-state index is 11.5. The summed E-state index contributed by atoms with van der Waals surface area (Å²) in [5.41, 5.74) is 2.60. The molecule has 1 amide bonds. The number of hydrogen-bond donors (Lipinski definition) is 1. The molecule has 0 aliphatic heterocycles. The van der Waals surface area contributed by atoms with Gasteiger partial charge >= 0.3 is 0 Å². The minimum atomic E-state index is 0.122. The summed E-state index contributed by atoms with van der Waals surface area (Å²) in [6.07, 6.45) is 1.81. The number of benzene rings is 1. The normalized spacial score (nSPS) is 12.2. The van der Waals surface area contributed by atoms with Gasteiger partial charge in [0.15, 0.2) is 0 Å². The molecule has 1 aromatic carbocycles. The van der Waals surface area contributed by atoms with E-state index in [4.69, 9.17) is 0 Å². The van der Waals surface area contributed by atoms with E-state index in [2.05, 4.69) is 24.4 Å². The van der Waals surface area contributed by atoms with Gasteiger partial charge in [0.1, 0.15) is 0 Å². The Morgan fingerprint density at radius 1 is 1.38 bits per heavy atom. The Labute approximate surface area is 98.1 Å². The second kappa shape index (κ2) is 6.31. The zero-order chi connectivity index (χ0) is 12.0. The summed E-state index contributed by atoms with van der Waals surface area (Å²) in [6, 6.07) is 8.30. The second-order valence-corrected chi connectivity index (χ2v) is 4.28. The molecular weight excluding hydrogens is 198 g/mol. The largest absolute Gasteiger partial charge is 0.356 e. The summed E-state index contributed by atoms with van der Waals surface area (Å²) in [5, 5.41) is 2.97. The molecule has 0 fully saturated rings. The first-order chi connectivity index (χ1) is 7.65. The van der Waals surface area contributed by atoms with Crippen LogP contribution in [0.2, 0.25) is 0 Å². The van der Waals surface area contributed by atoms with Crippen molar-refractivity contribution in [2.75, 3.05) is 6.54 Å².